The maximum atomic E-state index is 5.34. The lowest BCUT2D eigenvalue weighted by Gasteiger charge is -2.11. The summed E-state index contributed by atoms with van der Waals surface area (Å²) in [6, 6.07) is 8.42. The third-order valence-corrected chi connectivity index (χ3v) is 3.19. The largest absolute Gasteiger partial charge is 0.495 e. The van der Waals surface area contributed by atoms with Crippen molar-refractivity contribution in [2.45, 2.75) is 25.8 Å². The van der Waals surface area contributed by atoms with E-state index in [0.29, 0.717) is 12.0 Å². The Morgan fingerprint density at radius 3 is 2.85 bits per heavy atom. The highest BCUT2D eigenvalue weighted by atomic mass is 16.5. The maximum Gasteiger partial charge on any atom is 0.229 e. The van der Waals surface area contributed by atoms with Crippen molar-refractivity contribution in [3.63, 3.8) is 0 Å². The molecule has 0 unspecified atom stereocenters. The molecule has 104 valence electrons. The second kappa shape index (κ2) is 5.36. The summed E-state index contributed by atoms with van der Waals surface area (Å²) in [5.74, 6) is 2.20. The first-order valence-electron chi connectivity index (χ1n) is 6.76. The molecular formula is C15H18N4O. The minimum absolute atomic E-state index is 0.569. The van der Waals surface area contributed by atoms with Crippen LogP contribution in [0.15, 0.2) is 30.5 Å². The zero-order valence-electron chi connectivity index (χ0n) is 11.7. The van der Waals surface area contributed by atoms with Crippen molar-refractivity contribution < 1.29 is 4.74 Å². The molecule has 1 saturated carbocycles. The molecule has 1 fully saturated rings. The van der Waals surface area contributed by atoms with E-state index in [9.17, 15) is 0 Å². The fourth-order valence-corrected chi connectivity index (χ4v) is 1.98. The molecule has 0 atom stereocenters. The lowest BCUT2D eigenvalue weighted by Crippen LogP contribution is -2.05. The van der Waals surface area contributed by atoms with Crippen LogP contribution in [0.4, 0.5) is 17.5 Å². The van der Waals surface area contributed by atoms with E-state index in [-0.39, 0.29) is 0 Å². The van der Waals surface area contributed by atoms with Crippen LogP contribution >= 0.6 is 0 Å². The van der Waals surface area contributed by atoms with Gasteiger partial charge < -0.3 is 15.4 Å². The van der Waals surface area contributed by atoms with Crippen molar-refractivity contribution in [1.29, 1.82) is 0 Å². The van der Waals surface area contributed by atoms with Crippen LogP contribution in [0.5, 0.6) is 5.75 Å². The van der Waals surface area contributed by atoms with Gasteiger partial charge in [0.1, 0.15) is 11.6 Å². The molecule has 1 aliphatic rings. The molecule has 2 N–H and O–H groups in total. The second-order valence-electron chi connectivity index (χ2n) is 5.01. The first-order valence-corrected chi connectivity index (χ1v) is 6.76. The Labute approximate surface area is 118 Å². The number of nitrogens with zero attached hydrogens (tertiary/aromatic N) is 2. The summed E-state index contributed by atoms with van der Waals surface area (Å²) < 4.78 is 5.34. The standard InChI is InChI=1S/C15H18N4O/c1-10-3-6-13(20-2)12(9-10)18-15-16-8-7-14(19-15)17-11-4-5-11/h3,6-9,11H,4-5H2,1-2H3,(H2,16,17,18,19). The highest BCUT2D eigenvalue weighted by molar-refractivity contribution is 5.64. The number of benzene rings is 1. The predicted molar refractivity (Wildman–Crippen MR) is 79.7 cm³/mol. The number of aryl methyl sites for hydroxylation is 1. The third kappa shape index (κ3) is 2.99. The minimum atomic E-state index is 0.569. The van der Waals surface area contributed by atoms with Crippen LogP contribution in [-0.2, 0) is 0 Å². The first-order chi connectivity index (χ1) is 9.74. The van der Waals surface area contributed by atoms with Gasteiger partial charge in [0.25, 0.3) is 0 Å². The maximum absolute atomic E-state index is 5.34. The molecule has 0 aliphatic heterocycles. The van der Waals surface area contributed by atoms with Crippen molar-refractivity contribution >= 4 is 17.5 Å². The van der Waals surface area contributed by atoms with Gasteiger partial charge in [-0.3, -0.25) is 0 Å². The monoisotopic (exact) mass is 270 g/mol. The summed E-state index contributed by atoms with van der Waals surface area (Å²) in [4.78, 5) is 8.71. The van der Waals surface area contributed by atoms with Crippen molar-refractivity contribution in [2.24, 2.45) is 0 Å². The topological polar surface area (TPSA) is 59.1 Å². The average Bonchev–Trinajstić information content (AvgIpc) is 3.23. The summed E-state index contributed by atoms with van der Waals surface area (Å²) in [6.45, 7) is 2.04. The van der Waals surface area contributed by atoms with Gasteiger partial charge in [-0.15, -0.1) is 0 Å². The Kier molecular flexibility index (Phi) is 3.41. The molecule has 1 heterocycles. The summed E-state index contributed by atoms with van der Waals surface area (Å²) >= 11 is 0. The van der Waals surface area contributed by atoms with E-state index in [2.05, 4.69) is 20.6 Å². The highest BCUT2D eigenvalue weighted by Crippen LogP contribution is 2.28. The number of hydrogen-bond acceptors (Lipinski definition) is 5. The zero-order chi connectivity index (χ0) is 13.9. The lowest BCUT2D eigenvalue weighted by atomic mass is 10.2. The molecule has 5 heteroatoms. The Hall–Kier alpha value is -2.30. The summed E-state index contributed by atoms with van der Waals surface area (Å²) in [5, 5.41) is 6.57. The SMILES string of the molecule is COc1ccc(C)cc1Nc1nccc(NC2CC2)n1. The van der Waals surface area contributed by atoms with Crippen LogP contribution in [0.2, 0.25) is 0 Å². The molecule has 0 spiro atoms. The van der Waals surface area contributed by atoms with Crippen LogP contribution in [0.3, 0.4) is 0 Å². The van der Waals surface area contributed by atoms with Crippen LogP contribution in [0, 0.1) is 6.92 Å². The van der Waals surface area contributed by atoms with E-state index in [4.69, 9.17) is 4.74 Å². The average molecular weight is 270 g/mol. The molecule has 1 aromatic carbocycles. The van der Waals surface area contributed by atoms with Gasteiger partial charge >= 0.3 is 0 Å². The van der Waals surface area contributed by atoms with E-state index in [1.165, 1.54) is 12.8 Å². The predicted octanol–water partition coefficient (Wildman–Crippen LogP) is 3.11. The molecule has 20 heavy (non-hydrogen) atoms. The molecule has 1 aromatic heterocycles. The number of anilines is 3. The van der Waals surface area contributed by atoms with Gasteiger partial charge in [-0.2, -0.15) is 4.98 Å². The Bertz CT molecular complexity index is 611. The summed E-state index contributed by atoms with van der Waals surface area (Å²) in [7, 11) is 1.65. The highest BCUT2D eigenvalue weighted by Gasteiger charge is 2.21. The van der Waals surface area contributed by atoms with E-state index in [0.717, 1.165) is 22.8 Å². The number of nitrogens with one attached hydrogen (secondary N) is 2. The van der Waals surface area contributed by atoms with Gasteiger partial charge in [0, 0.05) is 12.2 Å². The molecule has 0 bridgehead atoms. The Morgan fingerprint density at radius 1 is 1.25 bits per heavy atom. The van der Waals surface area contributed by atoms with Crippen molar-refractivity contribution in [3.05, 3.63) is 36.0 Å². The minimum Gasteiger partial charge on any atom is -0.495 e. The molecule has 2 aromatic rings. The van der Waals surface area contributed by atoms with E-state index in [1.807, 2.05) is 31.2 Å². The van der Waals surface area contributed by atoms with Gasteiger partial charge in [0.2, 0.25) is 5.95 Å². The van der Waals surface area contributed by atoms with Crippen LogP contribution < -0.4 is 15.4 Å². The Morgan fingerprint density at radius 2 is 2.10 bits per heavy atom. The van der Waals surface area contributed by atoms with Crippen molar-refractivity contribution in [1.82, 2.24) is 9.97 Å². The number of ether oxygens (including phenoxy) is 1. The lowest BCUT2D eigenvalue weighted by molar-refractivity contribution is 0.416. The van der Waals surface area contributed by atoms with Crippen LogP contribution in [0.25, 0.3) is 0 Å². The van der Waals surface area contributed by atoms with Gasteiger partial charge in [-0.25, -0.2) is 4.98 Å². The number of rotatable bonds is 5. The van der Waals surface area contributed by atoms with Crippen molar-refractivity contribution in [2.75, 3.05) is 17.7 Å². The van der Waals surface area contributed by atoms with E-state index >= 15 is 0 Å². The molecule has 0 radical (unpaired) electrons. The fraction of sp³-hybridized carbons (Fsp3) is 0.333. The van der Waals surface area contributed by atoms with Gasteiger partial charge in [-0.1, -0.05) is 6.07 Å². The molecule has 3 rings (SSSR count). The smallest absolute Gasteiger partial charge is 0.229 e. The van der Waals surface area contributed by atoms with Gasteiger partial charge in [0.05, 0.1) is 12.8 Å². The Balaban J connectivity index is 1.81. The number of aromatic nitrogens is 2. The molecular weight excluding hydrogens is 252 g/mol. The van der Waals surface area contributed by atoms with E-state index < -0.39 is 0 Å². The zero-order valence-corrected chi connectivity index (χ0v) is 11.7. The molecule has 0 saturated heterocycles. The second-order valence-corrected chi connectivity index (χ2v) is 5.01. The summed E-state index contributed by atoms with van der Waals surface area (Å²) in [6.07, 6.45) is 4.19. The third-order valence-electron chi connectivity index (χ3n) is 3.19. The van der Waals surface area contributed by atoms with Gasteiger partial charge in [0.15, 0.2) is 0 Å². The van der Waals surface area contributed by atoms with Crippen molar-refractivity contribution in [3.8, 4) is 5.75 Å². The van der Waals surface area contributed by atoms with E-state index in [1.54, 1.807) is 13.3 Å². The number of hydrogen-bond donors (Lipinski definition) is 2. The van der Waals surface area contributed by atoms with Gasteiger partial charge in [-0.05, 0) is 43.5 Å². The molecule has 1 aliphatic carbocycles. The fourth-order valence-electron chi connectivity index (χ4n) is 1.98. The quantitative estimate of drug-likeness (QED) is 0.874. The van der Waals surface area contributed by atoms with Crippen LogP contribution in [-0.4, -0.2) is 23.1 Å². The summed E-state index contributed by atoms with van der Waals surface area (Å²) in [5.41, 5.74) is 2.02. The molecule has 5 nitrogen and oxygen atoms in total. The first kappa shape index (κ1) is 12.7. The number of methoxy groups -OCH3 is 1. The van der Waals surface area contributed by atoms with Crippen LogP contribution in [0.1, 0.15) is 18.4 Å². The molecule has 0 amide bonds. The normalized spacial score (nSPS) is 13.9.